The summed E-state index contributed by atoms with van der Waals surface area (Å²) in [4.78, 5) is 11.1. The van der Waals surface area contributed by atoms with Gasteiger partial charge in [0, 0.05) is 28.9 Å². The van der Waals surface area contributed by atoms with Gasteiger partial charge in [0.1, 0.15) is 11.3 Å². The molecule has 0 aliphatic rings. The Balaban J connectivity index is 2.03. The minimum atomic E-state index is -0.978. The third-order valence-corrected chi connectivity index (χ3v) is 3.38. The third kappa shape index (κ3) is 3.46. The summed E-state index contributed by atoms with van der Waals surface area (Å²) in [6.07, 6.45) is 2.41. The Hall–Kier alpha value is -1.57. The van der Waals surface area contributed by atoms with Gasteiger partial charge in [0.2, 0.25) is 0 Å². The van der Waals surface area contributed by atoms with Crippen molar-refractivity contribution in [3.8, 4) is 5.75 Å². The molecule has 0 atom stereocenters. The van der Waals surface area contributed by atoms with E-state index in [2.05, 4.69) is 27.7 Å². The van der Waals surface area contributed by atoms with Gasteiger partial charge in [-0.1, -0.05) is 0 Å². The maximum absolute atomic E-state index is 11.1. The van der Waals surface area contributed by atoms with Crippen molar-refractivity contribution in [1.82, 2.24) is 9.78 Å². The molecule has 1 aromatic carbocycles. The smallest absolute Gasteiger partial charge is 0.339 e. The van der Waals surface area contributed by atoms with E-state index in [0.717, 1.165) is 9.26 Å². The summed E-state index contributed by atoms with van der Waals surface area (Å²) >= 11 is 2.08. The van der Waals surface area contributed by atoms with Crippen LogP contribution >= 0.6 is 22.6 Å². The predicted octanol–water partition coefficient (Wildman–Crippen LogP) is 2.34. The number of carbonyl (C=O) groups is 1. The summed E-state index contributed by atoms with van der Waals surface area (Å²) in [6.45, 7) is 0.417. The van der Waals surface area contributed by atoms with Crippen LogP contribution in [0.25, 0.3) is 0 Å². The first-order valence-corrected chi connectivity index (χ1v) is 6.78. The quantitative estimate of drug-likeness (QED) is 0.819. The molecule has 0 amide bonds. The first kappa shape index (κ1) is 13.9. The van der Waals surface area contributed by atoms with Gasteiger partial charge in [-0.3, -0.25) is 4.68 Å². The lowest BCUT2D eigenvalue weighted by atomic mass is 10.2. The van der Waals surface area contributed by atoms with Gasteiger partial charge < -0.3 is 9.84 Å². The SMILES string of the molecule is Cn1nccc1CCOc1ccc(I)cc1C(=O)O. The van der Waals surface area contributed by atoms with Crippen molar-refractivity contribution in [2.75, 3.05) is 6.61 Å². The van der Waals surface area contributed by atoms with Crippen LogP contribution in [0, 0.1) is 3.57 Å². The van der Waals surface area contributed by atoms with E-state index >= 15 is 0 Å². The van der Waals surface area contributed by atoms with Crippen molar-refractivity contribution in [1.29, 1.82) is 0 Å². The van der Waals surface area contributed by atoms with Crippen LogP contribution in [-0.2, 0) is 13.5 Å². The van der Waals surface area contributed by atoms with E-state index in [1.807, 2.05) is 19.2 Å². The Kier molecular flexibility index (Phi) is 4.41. The van der Waals surface area contributed by atoms with Crippen molar-refractivity contribution in [2.45, 2.75) is 6.42 Å². The Labute approximate surface area is 124 Å². The number of halogens is 1. The molecule has 0 radical (unpaired) electrons. The maximum Gasteiger partial charge on any atom is 0.339 e. The molecular formula is C13H13IN2O3. The Morgan fingerprint density at radius 1 is 1.47 bits per heavy atom. The van der Waals surface area contributed by atoms with Crippen molar-refractivity contribution < 1.29 is 14.6 Å². The molecule has 1 aromatic heterocycles. The molecule has 0 aliphatic carbocycles. The fourth-order valence-electron chi connectivity index (χ4n) is 1.71. The molecule has 0 spiro atoms. The summed E-state index contributed by atoms with van der Waals surface area (Å²) in [6, 6.07) is 7.03. The molecule has 0 saturated heterocycles. The van der Waals surface area contributed by atoms with E-state index in [1.165, 1.54) is 0 Å². The average molecular weight is 372 g/mol. The molecule has 0 saturated carbocycles. The van der Waals surface area contributed by atoms with Gasteiger partial charge in [0.25, 0.3) is 0 Å². The van der Waals surface area contributed by atoms with Gasteiger partial charge in [-0.05, 0) is 46.9 Å². The maximum atomic E-state index is 11.1. The van der Waals surface area contributed by atoms with Crippen LogP contribution in [0.4, 0.5) is 0 Å². The fourth-order valence-corrected chi connectivity index (χ4v) is 2.20. The molecule has 1 N–H and O–H groups in total. The topological polar surface area (TPSA) is 64.4 Å². The lowest BCUT2D eigenvalue weighted by Crippen LogP contribution is -2.09. The number of aromatic nitrogens is 2. The highest BCUT2D eigenvalue weighted by atomic mass is 127. The van der Waals surface area contributed by atoms with Gasteiger partial charge in [0.05, 0.1) is 6.61 Å². The van der Waals surface area contributed by atoms with Crippen molar-refractivity contribution in [3.63, 3.8) is 0 Å². The number of hydrogen-bond acceptors (Lipinski definition) is 3. The van der Waals surface area contributed by atoms with Gasteiger partial charge >= 0.3 is 5.97 Å². The van der Waals surface area contributed by atoms with Crippen LogP contribution in [0.5, 0.6) is 5.75 Å². The number of ether oxygens (including phenoxy) is 1. The first-order chi connectivity index (χ1) is 9.08. The van der Waals surface area contributed by atoms with Gasteiger partial charge in [-0.15, -0.1) is 0 Å². The lowest BCUT2D eigenvalue weighted by molar-refractivity contribution is 0.0692. The van der Waals surface area contributed by atoms with E-state index in [1.54, 1.807) is 23.0 Å². The number of rotatable bonds is 5. The Morgan fingerprint density at radius 3 is 2.89 bits per heavy atom. The highest BCUT2D eigenvalue weighted by Gasteiger charge is 2.12. The molecule has 0 bridgehead atoms. The van der Waals surface area contributed by atoms with E-state index < -0.39 is 5.97 Å². The number of benzene rings is 1. The highest BCUT2D eigenvalue weighted by molar-refractivity contribution is 14.1. The summed E-state index contributed by atoms with van der Waals surface area (Å²) in [5, 5.41) is 13.2. The monoisotopic (exact) mass is 372 g/mol. The molecule has 2 aromatic rings. The highest BCUT2D eigenvalue weighted by Crippen LogP contribution is 2.21. The van der Waals surface area contributed by atoms with E-state index in [9.17, 15) is 4.79 Å². The van der Waals surface area contributed by atoms with Crippen LogP contribution in [-0.4, -0.2) is 27.5 Å². The molecule has 0 fully saturated rings. The van der Waals surface area contributed by atoms with Crippen LogP contribution in [0.2, 0.25) is 0 Å². The normalized spacial score (nSPS) is 10.4. The Morgan fingerprint density at radius 2 is 2.26 bits per heavy atom. The summed E-state index contributed by atoms with van der Waals surface area (Å²) in [7, 11) is 1.86. The molecule has 100 valence electrons. The number of aryl methyl sites for hydroxylation is 1. The third-order valence-electron chi connectivity index (χ3n) is 2.71. The van der Waals surface area contributed by atoms with E-state index in [-0.39, 0.29) is 5.56 Å². The van der Waals surface area contributed by atoms with Crippen LogP contribution in [0.3, 0.4) is 0 Å². The Bertz CT molecular complexity index is 595. The van der Waals surface area contributed by atoms with Crippen LogP contribution < -0.4 is 4.74 Å². The molecular weight excluding hydrogens is 359 g/mol. The number of aromatic carboxylic acids is 1. The first-order valence-electron chi connectivity index (χ1n) is 5.70. The fraction of sp³-hybridized carbons (Fsp3) is 0.231. The summed E-state index contributed by atoms with van der Waals surface area (Å²) in [5.74, 6) is -0.580. The average Bonchev–Trinajstić information content (AvgIpc) is 2.77. The molecule has 0 unspecified atom stereocenters. The zero-order valence-electron chi connectivity index (χ0n) is 10.3. The molecule has 6 heteroatoms. The zero-order valence-corrected chi connectivity index (χ0v) is 12.5. The molecule has 0 aliphatic heterocycles. The van der Waals surface area contributed by atoms with Crippen LogP contribution in [0.1, 0.15) is 16.1 Å². The second-order valence-corrected chi connectivity index (χ2v) is 5.24. The molecule has 19 heavy (non-hydrogen) atoms. The largest absolute Gasteiger partial charge is 0.492 e. The molecule has 5 nitrogen and oxygen atoms in total. The van der Waals surface area contributed by atoms with Gasteiger partial charge in [0.15, 0.2) is 0 Å². The van der Waals surface area contributed by atoms with Crippen molar-refractivity contribution >= 4 is 28.6 Å². The minimum absolute atomic E-state index is 0.192. The van der Waals surface area contributed by atoms with Crippen LogP contribution in [0.15, 0.2) is 30.5 Å². The minimum Gasteiger partial charge on any atom is -0.492 e. The number of nitrogens with zero attached hydrogens (tertiary/aromatic N) is 2. The molecule has 1 heterocycles. The van der Waals surface area contributed by atoms with E-state index in [4.69, 9.17) is 9.84 Å². The zero-order chi connectivity index (χ0) is 13.8. The van der Waals surface area contributed by atoms with Crippen molar-refractivity contribution in [3.05, 3.63) is 45.3 Å². The lowest BCUT2D eigenvalue weighted by Gasteiger charge is -2.09. The number of carboxylic acid groups (broad SMARTS) is 1. The predicted molar refractivity (Wildman–Crippen MR) is 78.5 cm³/mol. The second-order valence-electron chi connectivity index (χ2n) is 3.99. The second kappa shape index (κ2) is 6.05. The van der Waals surface area contributed by atoms with Gasteiger partial charge in [-0.25, -0.2) is 4.79 Å². The van der Waals surface area contributed by atoms with Gasteiger partial charge in [-0.2, -0.15) is 5.10 Å². The standard InChI is InChI=1S/C13H13IN2O3/c1-16-10(4-6-15-16)5-7-19-12-3-2-9(14)8-11(12)13(17)18/h2-4,6,8H,5,7H2,1H3,(H,17,18). The number of hydrogen-bond donors (Lipinski definition) is 1. The summed E-state index contributed by atoms with van der Waals surface area (Å²) in [5.41, 5.74) is 1.24. The summed E-state index contributed by atoms with van der Waals surface area (Å²) < 4.78 is 8.20. The van der Waals surface area contributed by atoms with Crippen molar-refractivity contribution in [2.24, 2.45) is 7.05 Å². The van der Waals surface area contributed by atoms with E-state index in [0.29, 0.717) is 18.8 Å². The molecule has 2 rings (SSSR count). The number of carboxylic acids is 1.